The molecule has 3 rings (SSSR count). The summed E-state index contributed by atoms with van der Waals surface area (Å²) in [6.07, 6.45) is 0.458. The van der Waals surface area contributed by atoms with Gasteiger partial charge >= 0.3 is 0 Å². The standard InChI is InChI=1S/C14H16N4O3S3/c15-13-16-17-14(23-13)22-8-12(19)18(10-4-2-1-3-5-10)11-6-7-24(20,21)9-11/h1-5,11H,6-9H2,(H2,15,16)/t11-/m1/s1. The second kappa shape index (κ2) is 7.08. The van der Waals surface area contributed by atoms with Crippen molar-refractivity contribution in [3.05, 3.63) is 30.3 Å². The predicted molar refractivity (Wildman–Crippen MR) is 96.0 cm³/mol. The fraction of sp³-hybridized carbons (Fsp3) is 0.357. The van der Waals surface area contributed by atoms with Gasteiger partial charge in [-0.2, -0.15) is 0 Å². The Balaban J connectivity index is 1.77. The van der Waals surface area contributed by atoms with Gasteiger partial charge in [0.15, 0.2) is 14.2 Å². The van der Waals surface area contributed by atoms with Gasteiger partial charge in [0, 0.05) is 5.69 Å². The summed E-state index contributed by atoms with van der Waals surface area (Å²) >= 11 is 2.48. The van der Waals surface area contributed by atoms with Gasteiger partial charge in [0.05, 0.1) is 23.3 Å². The van der Waals surface area contributed by atoms with E-state index in [1.54, 1.807) is 4.90 Å². The van der Waals surface area contributed by atoms with E-state index >= 15 is 0 Å². The second-order valence-electron chi connectivity index (χ2n) is 5.35. The van der Waals surface area contributed by atoms with Crippen LogP contribution in [0.1, 0.15) is 6.42 Å². The average molecular weight is 385 g/mol. The van der Waals surface area contributed by atoms with Crippen LogP contribution < -0.4 is 10.6 Å². The Bertz CT molecular complexity index is 823. The number of nitrogens with zero attached hydrogens (tertiary/aromatic N) is 3. The molecule has 0 radical (unpaired) electrons. The molecule has 7 nitrogen and oxygen atoms in total. The van der Waals surface area contributed by atoms with E-state index in [4.69, 9.17) is 5.73 Å². The van der Waals surface area contributed by atoms with Gasteiger partial charge in [0.2, 0.25) is 11.0 Å². The van der Waals surface area contributed by atoms with Crippen molar-refractivity contribution in [1.82, 2.24) is 10.2 Å². The molecule has 0 unspecified atom stereocenters. The molecular weight excluding hydrogens is 368 g/mol. The summed E-state index contributed by atoms with van der Waals surface area (Å²) < 4.78 is 24.2. The maximum Gasteiger partial charge on any atom is 0.237 e. The van der Waals surface area contributed by atoms with Crippen molar-refractivity contribution in [3.63, 3.8) is 0 Å². The number of anilines is 2. The smallest absolute Gasteiger partial charge is 0.237 e. The molecule has 0 aliphatic carbocycles. The number of hydrogen-bond acceptors (Lipinski definition) is 8. The van der Waals surface area contributed by atoms with Crippen LogP contribution in [0.25, 0.3) is 0 Å². The maximum absolute atomic E-state index is 12.8. The number of thioether (sulfide) groups is 1. The number of hydrogen-bond donors (Lipinski definition) is 1. The topological polar surface area (TPSA) is 106 Å². The molecule has 1 fully saturated rings. The number of benzene rings is 1. The third-order valence-electron chi connectivity index (χ3n) is 3.62. The highest BCUT2D eigenvalue weighted by Crippen LogP contribution is 2.28. The molecule has 0 bridgehead atoms. The van der Waals surface area contributed by atoms with Crippen LogP contribution in [0.5, 0.6) is 0 Å². The molecule has 24 heavy (non-hydrogen) atoms. The van der Waals surface area contributed by atoms with Crippen LogP contribution in [-0.2, 0) is 14.6 Å². The molecular formula is C14H16N4O3S3. The molecule has 1 aliphatic rings. The van der Waals surface area contributed by atoms with Crippen LogP contribution in [-0.4, -0.2) is 47.8 Å². The molecule has 1 aromatic heterocycles. The summed E-state index contributed by atoms with van der Waals surface area (Å²) in [5.41, 5.74) is 6.24. The normalized spacial score (nSPS) is 19.2. The number of amides is 1. The number of carbonyl (C=O) groups is 1. The number of aromatic nitrogens is 2. The first-order chi connectivity index (χ1) is 11.4. The minimum Gasteiger partial charge on any atom is -0.374 e. The van der Waals surface area contributed by atoms with E-state index in [1.807, 2.05) is 30.3 Å². The lowest BCUT2D eigenvalue weighted by molar-refractivity contribution is -0.116. The molecule has 1 aliphatic heterocycles. The second-order valence-corrected chi connectivity index (χ2v) is 9.81. The average Bonchev–Trinajstić information content (AvgIpc) is 3.12. The summed E-state index contributed by atoms with van der Waals surface area (Å²) in [6.45, 7) is 0. The van der Waals surface area contributed by atoms with Crippen molar-refractivity contribution in [2.24, 2.45) is 0 Å². The van der Waals surface area contributed by atoms with Crippen LogP contribution in [0, 0.1) is 0 Å². The lowest BCUT2D eigenvalue weighted by Gasteiger charge is -2.28. The maximum atomic E-state index is 12.8. The molecule has 1 atom stereocenters. The summed E-state index contributed by atoms with van der Waals surface area (Å²) in [5, 5.41) is 7.95. The Morgan fingerprint density at radius 3 is 2.67 bits per heavy atom. The first-order valence-electron chi connectivity index (χ1n) is 7.24. The molecule has 2 aromatic rings. The highest BCUT2D eigenvalue weighted by atomic mass is 32.2. The minimum atomic E-state index is -3.08. The summed E-state index contributed by atoms with van der Waals surface area (Å²) in [5.74, 6) is 0.125. The molecule has 2 heterocycles. The molecule has 2 N–H and O–H groups in total. The molecule has 128 valence electrons. The van der Waals surface area contributed by atoms with Crippen molar-refractivity contribution in [2.75, 3.05) is 27.9 Å². The number of rotatable bonds is 5. The number of carbonyl (C=O) groups excluding carboxylic acids is 1. The van der Waals surface area contributed by atoms with Crippen LogP contribution in [0.4, 0.5) is 10.8 Å². The zero-order chi connectivity index (χ0) is 17.2. The molecule has 10 heteroatoms. The van der Waals surface area contributed by atoms with Crippen molar-refractivity contribution in [1.29, 1.82) is 0 Å². The van der Waals surface area contributed by atoms with E-state index in [0.717, 1.165) is 0 Å². The molecule has 0 spiro atoms. The zero-order valence-electron chi connectivity index (χ0n) is 12.7. The monoisotopic (exact) mass is 384 g/mol. The van der Waals surface area contributed by atoms with Crippen molar-refractivity contribution < 1.29 is 13.2 Å². The first kappa shape index (κ1) is 17.2. The third-order valence-corrected chi connectivity index (χ3v) is 7.24. The van der Waals surface area contributed by atoms with Crippen molar-refractivity contribution >= 4 is 49.7 Å². The Morgan fingerprint density at radius 2 is 2.08 bits per heavy atom. The Morgan fingerprint density at radius 1 is 1.33 bits per heavy atom. The highest BCUT2D eigenvalue weighted by Gasteiger charge is 2.35. The SMILES string of the molecule is Nc1nnc(SCC(=O)N(c2ccccc2)[C@@H]2CCS(=O)(=O)C2)s1. The summed E-state index contributed by atoms with van der Waals surface area (Å²) in [4.78, 5) is 14.4. The van der Waals surface area contributed by atoms with Gasteiger partial charge in [-0.15, -0.1) is 10.2 Å². The Labute approximate surface area is 148 Å². The van der Waals surface area contributed by atoms with E-state index in [1.165, 1.54) is 23.1 Å². The molecule has 1 saturated heterocycles. The van der Waals surface area contributed by atoms with Crippen LogP contribution >= 0.6 is 23.1 Å². The van der Waals surface area contributed by atoms with Crippen LogP contribution in [0.15, 0.2) is 34.7 Å². The fourth-order valence-corrected chi connectivity index (χ4v) is 5.79. The van der Waals surface area contributed by atoms with Gasteiger partial charge in [-0.25, -0.2) is 8.42 Å². The van der Waals surface area contributed by atoms with E-state index in [9.17, 15) is 13.2 Å². The number of nitrogen functional groups attached to an aromatic ring is 1. The third kappa shape index (κ3) is 4.05. The van der Waals surface area contributed by atoms with Crippen molar-refractivity contribution in [2.45, 2.75) is 16.8 Å². The Hall–Kier alpha value is -1.65. The van der Waals surface area contributed by atoms with Gasteiger partial charge in [-0.1, -0.05) is 41.3 Å². The van der Waals surface area contributed by atoms with Gasteiger partial charge in [0.25, 0.3) is 0 Å². The summed E-state index contributed by atoms with van der Waals surface area (Å²) in [7, 11) is -3.08. The van der Waals surface area contributed by atoms with E-state index < -0.39 is 9.84 Å². The van der Waals surface area contributed by atoms with E-state index in [2.05, 4.69) is 10.2 Å². The van der Waals surface area contributed by atoms with Crippen LogP contribution in [0.3, 0.4) is 0 Å². The van der Waals surface area contributed by atoms with Gasteiger partial charge in [-0.3, -0.25) is 4.79 Å². The predicted octanol–water partition coefficient (Wildman–Crippen LogP) is 1.43. The van der Waals surface area contributed by atoms with Gasteiger partial charge in [0.1, 0.15) is 0 Å². The molecule has 1 amide bonds. The number of sulfone groups is 1. The van der Waals surface area contributed by atoms with Gasteiger partial charge in [-0.05, 0) is 18.6 Å². The highest BCUT2D eigenvalue weighted by molar-refractivity contribution is 8.01. The first-order valence-corrected chi connectivity index (χ1v) is 10.9. The minimum absolute atomic E-state index is 0.00402. The lowest BCUT2D eigenvalue weighted by atomic mass is 10.2. The van der Waals surface area contributed by atoms with E-state index in [0.29, 0.717) is 21.6 Å². The molecule has 1 aromatic carbocycles. The number of para-hydroxylation sites is 1. The number of nitrogens with two attached hydrogens (primary N) is 1. The van der Waals surface area contributed by atoms with Crippen molar-refractivity contribution in [3.8, 4) is 0 Å². The van der Waals surface area contributed by atoms with E-state index in [-0.39, 0.29) is 29.2 Å². The summed E-state index contributed by atoms with van der Waals surface area (Å²) in [6, 6.07) is 8.82. The fourth-order valence-electron chi connectivity index (χ4n) is 2.60. The Kier molecular flexibility index (Phi) is 5.07. The quantitative estimate of drug-likeness (QED) is 0.777. The van der Waals surface area contributed by atoms with Crippen LogP contribution in [0.2, 0.25) is 0 Å². The van der Waals surface area contributed by atoms with Gasteiger partial charge < -0.3 is 10.6 Å². The lowest BCUT2D eigenvalue weighted by Crippen LogP contribution is -2.42. The molecule has 0 saturated carbocycles. The largest absolute Gasteiger partial charge is 0.374 e. The zero-order valence-corrected chi connectivity index (χ0v) is 15.1.